The molecule has 5 rings (SSSR count). The van der Waals surface area contributed by atoms with Gasteiger partial charge in [0.1, 0.15) is 12.7 Å². The molecule has 9 heteroatoms. The van der Waals surface area contributed by atoms with Crippen molar-refractivity contribution in [3.63, 3.8) is 0 Å². The standard InChI is InChI=1S/C24H28N4O4S/c1-16-20-8-7-19(33(2,29)30)13-21(20)27-24(26-16)28-11-9-17(10-12-28)25-14-18-15-31-22-5-3-4-6-23(22)32-18/h3-8,13,17-18,25H,9-12,14-15H2,1-2H3. The Labute approximate surface area is 193 Å². The number of sulfone groups is 1. The maximum absolute atomic E-state index is 11.9. The largest absolute Gasteiger partial charge is 0.486 e. The van der Waals surface area contributed by atoms with E-state index in [2.05, 4.69) is 10.2 Å². The number of benzene rings is 2. The van der Waals surface area contributed by atoms with E-state index >= 15 is 0 Å². The van der Waals surface area contributed by atoms with Crippen molar-refractivity contribution in [1.82, 2.24) is 15.3 Å². The molecule has 0 radical (unpaired) electrons. The van der Waals surface area contributed by atoms with Crippen molar-refractivity contribution in [1.29, 1.82) is 0 Å². The molecule has 1 atom stereocenters. The summed E-state index contributed by atoms with van der Waals surface area (Å²) in [5.74, 6) is 2.26. The highest BCUT2D eigenvalue weighted by Gasteiger charge is 2.25. The Morgan fingerprint density at radius 3 is 2.61 bits per heavy atom. The Kier molecular flexibility index (Phi) is 5.84. The number of piperidine rings is 1. The van der Waals surface area contributed by atoms with Crippen LogP contribution >= 0.6 is 0 Å². The molecule has 0 aliphatic carbocycles. The number of para-hydroxylation sites is 2. The molecule has 33 heavy (non-hydrogen) atoms. The van der Waals surface area contributed by atoms with Crippen LogP contribution in [0.5, 0.6) is 11.5 Å². The zero-order valence-electron chi connectivity index (χ0n) is 18.8. The number of nitrogens with zero attached hydrogens (tertiary/aromatic N) is 3. The molecule has 2 aliphatic heterocycles. The molecule has 0 amide bonds. The molecule has 1 unspecified atom stereocenters. The fourth-order valence-corrected chi connectivity index (χ4v) is 5.01. The van der Waals surface area contributed by atoms with E-state index < -0.39 is 9.84 Å². The zero-order valence-corrected chi connectivity index (χ0v) is 19.6. The molecule has 0 saturated carbocycles. The van der Waals surface area contributed by atoms with E-state index in [4.69, 9.17) is 19.4 Å². The summed E-state index contributed by atoms with van der Waals surface area (Å²) in [6, 6.07) is 13.2. The number of nitrogens with one attached hydrogen (secondary N) is 1. The topological polar surface area (TPSA) is 93.7 Å². The van der Waals surface area contributed by atoms with Gasteiger partial charge in [-0.1, -0.05) is 12.1 Å². The monoisotopic (exact) mass is 468 g/mol. The highest BCUT2D eigenvalue weighted by Crippen LogP contribution is 2.31. The fourth-order valence-electron chi connectivity index (χ4n) is 4.37. The Balaban J connectivity index is 1.20. The van der Waals surface area contributed by atoms with Crippen LogP contribution in [0.1, 0.15) is 18.5 Å². The minimum atomic E-state index is -3.29. The van der Waals surface area contributed by atoms with Crippen molar-refractivity contribution in [3.05, 3.63) is 48.2 Å². The summed E-state index contributed by atoms with van der Waals surface area (Å²) >= 11 is 0. The van der Waals surface area contributed by atoms with Crippen molar-refractivity contribution in [2.24, 2.45) is 0 Å². The number of hydrogen-bond acceptors (Lipinski definition) is 8. The van der Waals surface area contributed by atoms with Gasteiger partial charge in [0.2, 0.25) is 5.95 Å². The first kappa shape index (κ1) is 21.9. The van der Waals surface area contributed by atoms with Gasteiger partial charge in [0, 0.05) is 37.3 Å². The van der Waals surface area contributed by atoms with E-state index in [0.29, 0.717) is 24.1 Å². The number of aromatic nitrogens is 2. The third-order valence-corrected chi connectivity index (χ3v) is 7.37. The zero-order chi connectivity index (χ0) is 23.0. The lowest BCUT2D eigenvalue weighted by atomic mass is 10.0. The number of rotatable bonds is 5. The molecule has 1 fully saturated rings. The van der Waals surface area contributed by atoms with Crippen LogP contribution in [0.15, 0.2) is 47.4 Å². The predicted molar refractivity (Wildman–Crippen MR) is 127 cm³/mol. The van der Waals surface area contributed by atoms with E-state index in [1.807, 2.05) is 31.2 Å². The Morgan fingerprint density at radius 2 is 1.85 bits per heavy atom. The van der Waals surface area contributed by atoms with Gasteiger partial charge in [-0.3, -0.25) is 0 Å². The summed E-state index contributed by atoms with van der Waals surface area (Å²) in [6.07, 6.45) is 3.14. The summed E-state index contributed by atoms with van der Waals surface area (Å²) in [5.41, 5.74) is 1.51. The van der Waals surface area contributed by atoms with Crippen molar-refractivity contribution in [2.75, 3.05) is 37.4 Å². The quantitative estimate of drug-likeness (QED) is 0.611. The molecular formula is C24H28N4O4S. The minimum Gasteiger partial charge on any atom is -0.486 e. The van der Waals surface area contributed by atoms with Gasteiger partial charge < -0.3 is 19.7 Å². The second-order valence-corrected chi connectivity index (χ2v) is 10.7. The van der Waals surface area contributed by atoms with Crippen LogP contribution in [-0.2, 0) is 9.84 Å². The van der Waals surface area contributed by atoms with E-state index in [9.17, 15) is 8.42 Å². The second kappa shape index (κ2) is 8.79. The van der Waals surface area contributed by atoms with Crippen molar-refractivity contribution >= 4 is 26.7 Å². The molecule has 1 N–H and O–H groups in total. The number of aryl methyl sites for hydroxylation is 1. The van der Waals surface area contributed by atoms with E-state index in [-0.39, 0.29) is 11.0 Å². The van der Waals surface area contributed by atoms with Gasteiger partial charge in [0.25, 0.3) is 0 Å². The number of fused-ring (bicyclic) bond motifs is 2. The Bertz CT molecular complexity index is 1270. The molecule has 8 nitrogen and oxygen atoms in total. The predicted octanol–water partition coefficient (Wildman–Crippen LogP) is 2.74. The molecule has 3 aromatic rings. The molecule has 0 spiro atoms. The Hall–Kier alpha value is -2.91. The molecule has 1 saturated heterocycles. The van der Waals surface area contributed by atoms with Gasteiger partial charge >= 0.3 is 0 Å². The molecule has 1 aromatic heterocycles. The lowest BCUT2D eigenvalue weighted by Crippen LogP contribution is -2.47. The van der Waals surface area contributed by atoms with Gasteiger partial charge in [-0.05, 0) is 50.1 Å². The molecule has 2 aliphatic rings. The summed E-state index contributed by atoms with van der Waals surface area (Å²) in [7, 11) is -3.29. The summed E-state index contributed by atoms with van der Waals surface area (Å²) in [4.78, 5) is 11.8. The summed E-state index contributed by atoms with van der Waals surface area (Å²) in [5, 5.41) is 4.49. The smallest absolute Gasteiger partial charge is 0.226 e. The van der Waals surface area contributed by atoms with Crippen LogP contribution in [0.4, 0.5) is 5.95 Å². The van der Waals surface area contributed by atoms with Gasteiger partial charge in [0.05, 0.1) is 16.1 Å². The van der Waals surface area contributed by atoms with Crippen molar-refractivity contribution in [2.45, 2.75) is 36.8 Å². The Morgan fingerprint density at radius 1 is 1.09 bits per heavy atom. The first-order valence-corrected chi connectivity index (χ1v) is 13.1. The van der Waals surface area contributed by atoms with Gasteiger partial charge in [0.15, 0.2) is 21.3 Å². The summed E-state index contributed by atoms with van der Waals surface area (Å²) in [6.45, 7) is 4.88. The van der Waals surface area contributed by atoms with Crippen LogP contribution in [0.3, 0.4) is 0 Å². The second-order valence-electron chi connectivity index (χ2n) is 8.73. The SMILES string of the molecule is Cc1nc(N2CCC(NCC3COc4ccccc4O3)CC2)nc2cc(S(C)(=O)=O)ccc12. The molecular weight excluding hydrogens is 440 g/mol. The highest BCUT2D eigenvalue weighted by atomic mass is 32.2. The number of anilines is 1. The number of ether oxygens (including phenoxy) is 2. The van der Waals surface area contributed by atoms with Crippen molar-refractivity contribution < 1.29 is 17.9 Å². The lowest BCUT2D eigenvalue weighted by molar-refractivity contribution is 0.0873. The van der Waals surface area contributed by atoms with Crippen LogP contribution in [-0.4, -0.2) is 63.0 Å². The third-order valence-electron chi connectivity index (χ3n) is 6.25. The van der Waals surface area contributed by atoms with Crippen LogP contribution in [0.2, 0.25) is 0 Å². The van der Waals surface area contributed by atoms with E-state index in [1.165, 1.54) is 6.26 Å². The van der Waals surface area contributed by atoms with Crippen LogP contribution in [0, 0.1) is 6.92 Å². The fraction of sp³-hybridized carbons (Fsp3) is 0.417. The van der Waals surface area contributed by atoms with Crippen LogP contribution in [0.25, 0.3) is 10.9 Å². The highest BCUT2D eigenvalue weighted by molar-refractivity contribution is 7.90. The van der Waals surface area contributed by atoms with Gasteiger partial charge in [-0.15, -0.1) is 0 Å². The maximum atomic E-state index is 11.9. The van der Waals surface area contributed by atoms with Crippen molar-refractivity contribution in [3.8, 4) is 11.5 Å². The van der Waals surface area contributed by atoms with Gasteiger partial charge in [-0.2, -0.15) is 0 Å². The van der Waals surface area contributed by atoms with Crippen LogP contribution < -0.4 is 19.7 Å². The molecule has 0 bridgehead atoms. The maximum Gasteiger partial charge on any atom is 0.226 e. The third kappa shape index (κ3) is 4.74. The number of hydrogen-bond donors (Lipinski definition) is 1. The van der Waals surface area contributed by atoms with Gasteiger partial charge in [-0.25, -0.2) is 18.4 Å². The molecule has 3 heterocycles. The first-order chi connectivity index (χ1) is 15.9. The summed E-state index contributed by atoms with van der Waals surface area (Å²) < 4.78 is 35.7. The minimum absolute atomic E-state index is 0.00607. The van der Waals surface area contributed by atoms with E-state index in [0.717, 1.165) is 55.1 Å². The van der Waals surface area contributed by atoms with E-state index in [1.54, 1.807) is 18.2 Å². The normalized spacial score (nSPS) is 19.1. The molecule has 2 aromatic carbocycles. The molecule has 174 valence electrons. The lowest BCUT2D eigenvalue weighted by Gasteiger charge is -2.34. The average Bonchev–Trinajstić information content (AvgIpc) is 2.82. The first-order valence-electron chi connectivity index (χ1n) is 11.2. The average molecular weight is 469 g/mol.